The first-order chi connectivity index (χ1) is 12.2. The van der Waals surface area contributed by atoms with E-state index in [1.807, 2.05) is 18.2 Å². The Labute approximate surface area is 153 Å². The van der Waals surface area contributed by atoms with E-state index in [9.17, 15) is 4.39 Å². The van der Waals surface area contributed by atoms with Crippen molar-refractivity contribution in [3.05, 3.63) is 47.3 Å². The normalized spacial score (nSPS) is 20.4. The Kier molecular flexibility index (Phi) is 8.81. The predicted octanol–water partition coefficient (Wildman–Crippen LogP) is 7.07. The molecule has 136 valence electrons. The average molecular weight is 341 g/mol. The average Bonchev–Trinajstić information content (AvgIpc) is 2.62. The summed E-state index contributed by atoms with van der Waals surface area (Å²) in [4.78, 5) is 0. The van der Waals surface area contributed by atoms with Crippen molar-refractivity contribution in [1.29, 1.82) is 0 Å². The van der Waals surface area contributed by atoms with Gasteiger partial charge in [-0.2, -0.15) is 0 Å². The predicted molar refractivity (Wildman–Crippen MR) is 106 cm³/mol. The number of allylic oxidation sites excluding steroid dienone is 2. The highest BCUT2D eigenvalue weighted by molar-refractivity contribution is 5.39. The number of aryl methyl sites for hydroxylation is 1. The van der Waals surface area contributed by atoms with Crippen LogP contribution in [0, 0.1) is 29.5 Å². The molecule has 1 heteroatoms. The molecule has 25 heavy (non-hydrogen) atoms. The van der Waals surface area contributed by atoms with Gasteiger partial charge < -0.3 is 0 Å². The van der Waals surface area contributed by atoms with E-state index in [0.29, 0.717) is 11.5 Å². The lowest BCUT2D eigenvalue weighted by molar-refractivity contribution is 0.294. The minimum Gasteiger partial charge on any atom is -0.206 e. The third kappa shape index (κ3) is 7.07. The second-order valence-corrected chi connectivity index (χ2v) is 7.47. The summed E-state index contributed by atoms with van der Waals surface area (Å²) in [6.07, 6.45) is 16.6. The molecule has 1 aromatic rings. The van der Waals surface area contributed by atoms with Crippen LogP contribution in [0.4, 0.5) is 4.39 Å². The molecule has 1 saturated carbocycles. The third-order valence-electron chi connectivity index (χ3n) is 5.35. The highest BCUT2D eigenvalue weighted by atomic mass is 19.1. The van der Waals surface area contributed by atoms with E-state index in [1.165, 1.54) is 51.4 Å². The summed E-state index contributed by atoms with van der Waals surface area (Å²) in [6.45, 7) is 4.46. The van der Waals surface area contributed by atoms with Gasteiger partial charge in [-0.15, -0.1) is 0 Å². The van der Waals surface area contributed by atoms with E-state index in [1.54, 1.807) is 6.07 Å². The number of rotatable bonds is 7. The Hall–Kier alpha value is -1.55. The molecule has 0 N–H and O–H groups in total. The van der Waals surface area contributed by atoms with Crippen LogP contribution >= 0.6 is 0 Å². The van der Waals surface area contributed by atoms with Crippen molar-refractivity contribution >= 4 is 0 Å². The quantitative estimate of drug-likeness (QED) is 0.368. The first kappa shape index (κ1) is 19.8. The van der Waals surface area contributed by atoms with Gasteiger partial charge in [-0.05, 0) is 74.1 Å². The van der Waals surface area contributed by atoms with Crippen LogP contribution in [-0.2, 0) is 6.42 Å². The molecule has 0 spiro atoms. The van der Waals surface area contributed by atoms with E-state index in [0.717, 1.165) is 24.3 Å². The maximum absolute atomic E-state index is 14.1. The van der Waals surface area contributed by atoms with Crippen LogP contribution in [0.25, 0.3) is 0 Å². The zero-order valence-electron chi connectivity index (χ0n) is 16.0. The fourth-order valence-electron chi connectivity index (χ4n) is 3.78. The molecular weight excluding hydrogens is 307 g/mol. The van der Waals surface area contributed by atoms with Crippen molar-refractivity contribution in [1.82, 2.24) is 0 Å². The molecule has 0 bridgehead atoms. The lowest BCUT2D eigenvalue weighted by Crippen LogP contribution is -2.12. The summed E-state index contributed by atoms with van der Waals surface area (Å²) in [5.74, 6) is 7.40. The first-order valence-electron chi connectivity index (χ1n) is 10.2. The van der Waals surface area contributed by atoms with Crippen molar-refractivity contribution in [2.24, 2.45) is 11.8 Å². The third-order valence-corrected chi connectivity index (χ3v) is 5.35. The van der Waals surface area contributed by atoms with E-state index in [2.05, 4.69) is 31.8 Å². The lowest BCUT2D eigenvalue weighted by Gasteiger charge is -2.26. The molecule has 1 aromatic carbocycles. The summed E-state index contributed by atoms with van der Waals surface area (Å²) >= 11 is 0. The van der Waals surface area contributed by atoms with Crippen molar-refractivity contribution in [2.75, 3.05) is 0 Å². The SMILES string of the molecule is CCCCCc1ccc(C#CC=CC2CCC(CCC)CC2)c(F)c1. The van der Waals surface area contributed by atoms with E-state index in [-0.39, 0.29) is 5.82 Å². The molecule has 0 unspecified atom stereocenters. The second-order valence-electron chi connectivity index (χ2n) is 7.47. The van der Waals surface area contributed by atoms with Crippen LogP contribution in [0.3, 0.4) is 0 Å². The number of hydrogen-bond donors (Lipinski definition) is 0. The summed E-state index contributed by atoms with van der Waals surface area (Å²) in [7, 11) is 0. The Bertz CT molecular complexity index is 594. The van der Waals surface area contributed by atoms with Gasteiger partial charge in [-0.3, -0.25) is 0 Å². The summed E-state index contributed by atoms with van der Waals surface area (Å²) < 4.78 is 14.1. The molecule has 0 radical (unpaired) electrons. The molecule has 1 fully saturated rings. The number of benzene rings is 1. The standard InChI is InChI=1S/C24H33F/c1-3-5-6-11-22-17-18-23(24(25)19-22)12-8-7-10-21-15-13-20(9-4-2)14-16-21/h7,10,17-21H,3-6,9,11,13-16H2,1-2H3. The number of hydrogen-bond acceptors (Lipinski definition) is 0. The zero-order valence-corrected chi connectivity index (χ0v) is 16.0. The van der Waals surface area contributed by atoms with Crippen molar-refractivity contribution in [2.45, 2.75) is 78.1 Å². The highest BCUT2D eigenvalue weighted by Gasteiger charge is 2.18. The lowest BCUT2D eigenvalue weighted by atomic mass is 9.80. The Balaban J connectivity index is 1.82. The molecule has 1 aliphatic carbocycles. The van der Waals surface area contributed by atoms with E-state index in [4.69, 9.17) is 0 Å². The van der Waals surface area contributed by atoms with Gasteiger partial charge in [0.25, 0.3) is 0 Å². The van der Waals surface area contributed by atoms with Crippen LogP contribution in [0.2, 0.25) is 0 Å². The summed E-state index contributed by atoms with van der Waals surface area (Å²) in [5, 5.41) is 0. The molecule has 0 amide bonds. The van der Waals surface area contributed by atoms with Gasteiger partial charge in [-0.1, -0.05) is 63.5 Å². The van der Waals surface area contributed by atoms with Gasteiger partial charge in [0.2, 0.25) is 0 Å². The van der Waals surface area contributed by atoms with Crippen LogP contribution in [0.15, 0.2) is 30.4 Å². The molecule has 0 aromatic heterocycles. The smallest absolute Gasteiger partial charge is 0.139 e. The van der Waals surface area contributed by atoms with Crippen molar-refractivity contribution < 1.29 is 4.39 Å². The summed E-state index contributed by atoms with van der Waals surface area (Å²) in [5.41, 5.74) is 1.59. The Morgan fingerprint density at radius 1 is 1.08 bits per heavy atom. The van der Waals surface area contributed by atoms with Gasteiger partial charge in [0, 0.05) is 0 Å². The Morgan fingerprint density at radius 2 is 1.88 bits per heavy atom. The van der Waals surface area contributed by atoms with Gasteiger partial charge >= 0.3 is 0 Å². The zero-order chi connectivity index (χ0) is 17.9. The van der Waals surface area contributed by atoms with Gasteiger partial charge in [0.05, 0.1) is 5.56 Å². The van der Waals surface area contributed by atoms with E-state index < -0.39 is 0 Å². The van der Waals surface area contributed by atoms with Gasteiger partial charge in [-0.25, -0.2) is 4.39 Å². The molecule has 0 heterocycles. The maximum Gasteiger partial charge on any atom is 0.139 e. The van der Waals surface area contributed by atoms with Crippen LogP contribution < -0.4 is 0 Å². The van der Waals surface area contributed by atoms with Crippen LogP contribution in [0.1, 0.15) is 82.8 Å². The molecule has 0 aliphatic heterocycles. The largest absolute Gasteiger partial charge is 0.206 e. The van der Waals surface area contributed by atoms with Crippen LogP contribution in [0.5, 0.6) is 0 Å². The fraction of sp³-hybridized carbons (Fsp3) is 0.583. The molecule has 0 atom stereocenters. The molecular formula is C24H33F. The van der Waals surface area contributed by atoms with Crippen molar-refractivity contribution in [3.63, 3.8) is 0 Å². The topological polar surface area (TPSA) is 0 Å². The molecule has 0 nitrogen and oxygen atoms in total. The minimum absolute atomic E-state index is 0.185. The molecule has 1 aliphatic rings. The first-order valence-corrected chi connectivity index (χ1v) is 10.2. The minimum atomic E-state index is -0.185. The second kappa shape index (κ2) is 11.1. The molecule has 2 rings (SSSR count). The highest BCUT2D eigenvalue weighted by Crippen LogP contribution is 2.32. The van der Waals surface area contributed by atoms with Crippen LogP contribution in [-0.4, -0.2) is 0 Å². The number of halogens is 1. The van der Waals surface area contributed by atoms with Crippen molar-refractivity contribution in [3.8, 4) is 11.8 Å². The van der Waals surface area contributed by atoms with E-state index >= 15 is 0 Å². The van der Waals surface area contributed by atoms with Gasteiger partial charge in [0.1, 0.15) is 5.82 Å². The number of unbranched alkanes of at least 4 members (excludes halogenated alkanes) is 2. The fourth-order valence-corrected chi connectivity index (χ4v) is 3.78. The molecule has 0 saturated heterocycles. The van der Waals surface area contributed by atoms with Gasteiger partial charge in [0.15, 0.2) is 0 Å². The summed E-state index contributed by atoms with van der Waals surface area (Å²) in [6, 6.07) is 5.49. The Morgan fingerprint density at radius 3 is 2.56 bits per heavy atom. The maximum atomic E-state index is 14.1. The monoisotopic (exact) mass is 340 g/mol.